The van der Waals surface area contributed by atoms with Gasteiger partial charge in [-0.15, -0.1) is 11.8 Å². The third kappa shape index (κ3) is 4.53. The van der Waals surface area contributed by atoms with Gasteiger partial charge in [-0.05, 0) is 62.1 Å². The molecule has 1 N–H and O–H groups in total. The summed E-state index contributed by atoms with van der Waals surface area (Å²) in [6, 6.07) is 7.79. The lowest BCUT2D eigenvalue weighted by molar-refractivity contribution is 0.0944. The Morgan fingerprint density at radius 1 is 1.26 bits per heavy atom. The number of carbonyl (C=O) groups excluding carboxylic acids is 1. The quantitative estimate of drug-likeness (QED) is 0.660. The van der Waals surface area contributed by atoms with E-state index in [4.69, 9.17) is 0 Å². The highest BCUT2D eigenvalue weighted by atomic mass is 79.9. The largest absolute Gasteiger partial charge is 0.352 e. The fourth-order valence-corrected chi connectivity index (χ4v) is 3.34. The summed E-state index contributed by atoms with van der Waals surface area (Å²) in [7, 11) is 0. The highest BCUT2D eigenvalue weighted by Gasteiger charge is 2.19. The topological polar surface area (TPSA) is 29.1 Å². The summed E-state index contributed by atoms with van der Waals surface area (Å²) in [4.78, 5) is 13.9. The van der Waals surface area contributed by atoms with Gasteiger partial charge in [-0.2, -0.15) is 0 Å². The number of hydrogen-bond acceptors (Lipinski definition) is 2. The molecule has 1 aliphatic carbocycles. The summed E-state index contributed by atoms with van der Waals surface area (Å²) in [6.45, 7) is 0.808. The molecule has 19 heavy (non-hydrogen) atoms. The van der Waals surface area contributed by atoms with Gasteiger partial charge >= 0.3 is 0 Å². The molecule has 1 amide bonds. The lowest BCUT2D eigenvalue weighted by atomic mass is 9.89. The van der Waals surface area contributed by atoms with Crippen molar-refractivity contribution in [3.8, 4) is 0 Å². The van der Waals surface area contributed by atoms with E-state index in [0.29, 0.717) is 10.7 Å². The average Bonchev–Trinajstić information content (AvgIpc) is 2.46. The van der Waals surface area contributed by atoms with Crippen molar-refractivity contribution in [2.24, 2.45) is 5.92 Å². The Kier molecular flexibility index (Phi) is 5.76. The van der Waals surface area contributed by atoms with E-state index >= 15 is 0 Å². The van der Waals surface area contributed by atoms with E-state index in [0.717, 1.165) is 12.1 Å². The molecule has 1 fully saturated rings. The Labute approximate surface area is 127 Å². The van der Waals surface area contributed by atoms with Crippen LogP contribution < -0.4 is 5.32 Å². The Morgan fingerprint density at radius 3 is 2.47 bits per heavy atom. The number of rotatable bonds is 4. The zero-order valence-electron chi connectivity index (χ0n) is 11.2. The molecule has 2 nitrogen and oxygen atoms in total. The van der Waals surface area contributed by atoms with Gasteiger partial charge in [0.05, 0.1) is 0 Å². The standard InChI is InChI=1S/C15H20BrNOS/c1-19-14-8-4-12(5-9-14)15(18)17-10-11-2-6-13(16)7-3-11/h4-5,8-9,11,13H,2-3,6-7,10H2,1H3,(H,17,18). The van der Waals surface area contributed by atoms with E-state index in [1.165, 1.54) is 30.6 Å². The normalized spacial score (nSPS) is 23.1. The van der Waals surface area contributed by atoms with E-state index in [9.17, 15) is 4.79 Å². The summed E-state index contributed by atoms with van der Waals surface area (Å²) in [5.41, 5.74) is 0.756. The second-order valence-corrected chi connectivity index (χ2v) is 7.23. The van der Waals surface area contributed by atoms with Crippen LogP contribution in [0.5, 0.6) is 0 Å². The molecule has 0 saturated heterocycles. The maximum Gasteiger partial charge on any atom is 0.251 e. The first-order valence-electron chi connectivity index (χ1n) is 6.75. The summed E-state index contributed by atoms with van der Waals surface area (Å²) >= 11 is 5.35. The number of halogens is 1. The molecular formula is C15H20BrNOS. The Bertz CT molecular complexity index is 413. The van der Waals surface area contributed by atoms with Crippen molar-refractivity contribution < 1.29 is 4.79 Å². The van der Waals surface area contributed by atoms with Gasteiger partial charge in [0.15, 0.2) is 0 Å². The SMILES string of the molecule is CSc1ccc(C(=O)NCC2CCC(Br)CC2)cc1. The van der Waals surface area contributed by atoms with Crippen LogP contribution in [0.4, 0.5) is 0 Å². The van der Waals surface area contributed by atoms with E-state index in [-0.39, 0.29) is 5.91 Å². The van der Waals surface area contributed by atoms with Crippen LogP contribution in [0.25, 0.3) is 0 Å². The lowest BCUT2D eigenvalue weighted by Crippen LogP contribution is -2.31. The first-order valence-corrected chi connectivity index (χ1v) is 8.89. The summed E-state index contributed by atoms with van der Waals surface area (Å²) < 4.78 is 0. The Hall–Kier alpha value is -0.480. The van der Waals surface area contributed by atoms with Crippen molar-refractivity contribution in [3.05, 3.63) is 29.8 Å². The second kappa shape index (κ2) is 7.34. The van der Waals surface area contributed by atoms with E-state index in [1.807, 2.05) is 30.5 Å². The van der Waals surface area contributed by atoms with Gasteiger partial charge in [0.25, 0.3) is 5.91 Å². The van der Waals surface area contributed by atoms with Crippen LogP contribution in [0.2, 0.25) is 0 Å². The molecule has 0 aliphatic heterocycles. The zero-order valence-corrected chi connectivity index (χ0v) is 13.6. The summed E-state index contributed by atoms with van der Waals surface area (Å²) in [5.74, 6) is 0.692. The van der Waals surface area contributed by atoms with Crippen molar-refractivity contribution in [3.63, 3.8) is 0 Å². The minimum absolute atomic E-state index is 0.0496. The fraction of sp³-hybridized carbons (Fsp3) is 0.533. The van der Waals surface area contributed by atoms with E-state index in [1.54, 1.807) is 11.8 Å². The minimum atomic E-state index is 0.0496. The molecule has 0 heterocycles. The first-order chi connectivity index (χ1) is 9.19. The number of hydrogen-bond donors (Lipinski definition) is 1. The zero-order chi connectivity index (χ0) is 13.7. The van der Waals surface area contributed by atoms with Gasteiger partial charge in [-0.25, -0.2) is 0 Å². The van der Waals surface area contributed by atoms with Crippen LogP contribution in [0.15, 0.2) is 29.2 Å². The predicted molar refractivity (Wildman–Crippen MR) is 85.2 cm³/mol. The van der Waals surface area contributed by atoms with Gasteiger partial charge in [0.2, 0.25) is 0 Å². The summed E-state index contributed by atoms with van der Waals surface area (Å²) in [6.07, 6.45) is 6.91. The molecule has 0 aromatic heterocycles. The second-order valence-electron chi connectivity index (χ2n) is 5.06. The van der Waals surface area contributed by atoms with Crippen LogP contribution in [-0.2, 0) is 0 Å². The molecule has 0 atom stereocenters. The average molecular weight is 342 g/mol. The molecule has 104 valence electrons. The molecule has 0 bridgehead atoms. The van der Waals surface area contributed by atoms with Gasteiger partial charge < -0.3 is 5.32 Å². The highest BCUT2D eigenvalue weighted by molar-refractivity contribution is 9.09. The number of amides is 1. The van der Waals surface area contributed by atoms with Crippen LogP contribution >= 0.6 is 27.7 Å². The number of thioether (sulfide) groups is 1. The van der Waals surface area contributed by atoms with Crippen molar-refractivity contribution >= 4 is 33.6 Å². The van der Waals surface area contributed by atoms with Crippen LogP contribution in [0.1, 0.15) is 36.0 Å². The lowest BCUT2D eigenvalue weighted by Gasteiger charge is -2.25. The van der Waals surface area contributed by atoms with Crippen LogP contribution in [0.3, 0.4) is 0 Å². The molecule has 0 radical (unpaired) electrons. The molecule has 0 unspecified atom stereocenters. The number of nitrogens with one attached hydrogen (secondary N) is 1. The molecule has 2 rings (SSSR count). The smallest absolute Gasteiger partial charge is 0.251 e. The van der Waals surface area contributed by atoms with Gasteiger partial charge in [-0.3, -0.25) is 4.79 Å². The number of carbonyl (C=O) groups is 1. The van der Waals surface area contributed by atoms with Gasteiger partial charge in [-0.1, -0.05) is 15.9 Å². The number of alkyl halides is 1. The van der Waals surface area contributed by atoms with Gasteiger partial charge in [0.1, 0.15) is 0 Å². The molecule has 1 saturated carbocycles. The number of benzene rings is 1. The van der Waals surface area contributed by atoms with Crippen molar-refractivity contribution in [1.82, 2.24) is 5.32 Å². The first kappa shape index (κ1) is 14.9. The third-order valence-corrected chi connectivity index (χ3v) is 5.34. The molecule has 1 aromatic rings. The fourth-order valence-electron chi connectivity index (χ4n) is 2.41. The maximum absolute atomic E-state index is 12.0. The van der Waals surface area contributed by atoms with Crippen molar-refractivity contribution in [1.29, 1.82) is 0 Å². The van der Waals surface area contributed by atoms with E-state index in [2.05, 4.69) is 21.2 Å². The highest BCUT2D eigenvalue weighted by Crippen LogP contribution is 2.28. The molecule has 1 aliphatic rings. The molecule has 0 spiro atoms. The molecular weight excluding hydrogens is 322 g/mol. The molecule has 1 aromatic carbocycles. The van der Waals surface area contributed by atoms with Crippen molar-refractivity contribution in [2.75, 3.05) is 12.8 Å². The monoisotopic (exact) mass is 341 g/mol. The Morgan fingerprint density at radius 2 is 1.89 bits per heavy atom. The van der Waals surface area contributed by atoms with E-state index < -0.39 is 0 Å². The Balaban J connectivity index is 1.80. The molecule has 4 heteroatoms. The predicted octanol–water partition coefficient (Wildman–Crippen LogP) is 4.09. The van der Waals surface area contributed by atoms with Crippen LogP contribution in [0, 0.1) is 5.92 Å². The van der Waals surface area contributed by atoms with Crippen molar-refractivity contribution in [2.45, 2.75) is 35.4 Å². The van der Waals surface area contributed by atoms with Gasteiger partial charge in [0, 0.05) is 21.8 Å². The maximum atomic E-state index is 12.0. The third-order valence-electron chi connectivity index (χ3n) is 3.68. The van der Waals surface area contributed by atoms with Crippen LogP contribution in [-0.4, -0.2) is 23.5 Å². The minimum Gasteiger partial charge on any atom is -0.352 e. The summed E-state index contributed by atoms with van der Waals surface area (Å²) in [5, 5.41) is 3.06.